The molecule has 0 aromatic heterocycles. The molecule has 24 heavy (non-hydrogen) atoms. The van der Waals surface area contributed by atoms with Crippen molar-refractivity contribution >= 4 is 29.2 Å². The molecule has 0 unspecified atom stereocenters. The van der Waals surface area contributed by atoms with Gasteiger partial charge in [0.2, 0.25) is 0 Å². The minimum Gasteiger partial charge on any atom is -0.449 e. The first kappa shape index (κ1) is 18.1. The zero-order chi connectivity index (χ0) is 17.7. The molecule has 1 aromatic rings. The number of amides is 1. The number of nitrogens with two attached hydrogens (primary N) is 1. The summed E-state index contributed by atoms with van der Waals surface area (Å²) in [6, 6.07) is 6.60. The summed E-state index contributed by atoms with van der Waals surface area (Å²) in [6.07, 6.45) is 3.03. The van der Waals surface area contributed by atoms with Gasteiger partial charge in [-0.05, 0) is 38.0 Å². The number of nitrogen functional groups attached to an aromatic ring is 1. The third kappa shape index (κ3) is 4.18. The van der Waals surface area contributed by atoms with E-state index in [1.807, 2.05) is 0 Å². The normalized spacial score (nSPS) is 17.4. The van der Waals surface area contributed by atoms with Crippen LogP contribution in [0.5, 0.6) is 0 Å². The molecule has 1 aromatic carbocycles. The number of nitrogens with one attached hydrogen (secondary N) is 1. The van der Waals surface area contributed by atoms with E-state index in [1.54, 1.807) is 0 Å². The lowest BCUT2D eigenvalue weighted by Gasteiger charge is -2.32. The molecule has 2 rings (SSSR count). The van der Waals surface area contributed by atoms with Crippen LogP contribution in [0.4, 0.5) is 5.69 Å². The molecule has 0 heterocycles. The van der Waals surface area contributed by atoms with Gasteiger partial charge in [-0.15, -0.1) is 0 Å². The van der Waals surface area contributed by atoms with Crippen LogP contribution in [-0.4, -0.2) is 23.5 Å². The maximum absolute atomic E-state index is 12.3. The number of hydrogen-bond acceptors (Lipinski definition) is 5. The predicted molar refractivity (Wildman–Crippen MR) is 90.3 cm³/mol. The molecule has 3 N–H and O–H groups in total. The third-order valence-corrected chi connectivity index (χ3v) is 4.41. The van der Waals surface area contributed by atoms with Crippen molar-refractivity contribution in [2.45, 2.75) is 50.7 Å². The summed E-state index contributed by atoms with van der Waals surface area (Å²) in [5.41, 5.74) is 5.20. The molecule has 0 spiro atoms. The number of hydrogen-bond donors (Lipinski definition) is 2. The van der Waals surface area contributed by atoms with Crippen LogP contribution in [0.25, 0.3) is 0 Å². The molecule has 0 bridgehead atoms. The Kier molecular flexibility index (Phi) is 5.68. The van der Waals surface area contributed by atoms with Gasteiger partial charge in [-0.25, -0.2) is 4.79 Å². The third-order valence-electron chi connectivity index (χ3n) is 4.17. The van der Waals surface area contributed by atoms with Gasteiger partial charge in [0.1, 0.15) is 5.54 Å². The van der Waals surface area contributed by atoms with Crippen molar-refractivity contribution in [3.05, 3.63) is 28.8 Å². The number of ether oxygens (including phenoxy) is 1. The number of nitriles is 1. The second-order valence-corrected chi connectivity index (χ2v) is 6.46. The first-order valence-electron chi connectivity index (χ1n) is 7.86. The van der Waals surface area contributed by atoms with Crippen molar-refractivity contribution in [2.24, 2.45) is 0 Å². The van der Waals surface area contributed by atoms with Crippen molar-refractivity contribution in [1.82, 2.24) is 5.32 Å². The van der Waals surface area contributed by atoms with Gasteiger partial charge in [0.25, 0.3) is 5.91 Å². The van der Waals surface area contributed by atoms with Crippen molar-refractivity contribution < 1.29 is 14.3 Å². The van der Waals surface area contributed by atoms with Crippen LogP contribution in [0.3, 0.4) is 0 Å². The number of benzene rings is 1. The maximum atomic E-state index is 12.3. The van der Waals surface area contributed by atoms with Crippen molar-refractivity contribution in [2.75, 3.05) is 5.73 Å². The molecule has 7 heteroatoms. The average molecular weight is 350 g/mol. The van der Waals surface area contributed by atoms with Gasteiger partial charge in [-0.2, -0.15) is 5.26 Å². The summed E-state index contributed by atoms with van der Waals surface area (Å²) >= 11 is 5.79. The van der Waals surface area contributed by atoms with Crippen molar-refractivity contribution in [3.63, 3.8) is 0 Å². The summed E-state index contributed by atoms with van der Waals surface area (Å²) in [5.74, 6) is -1.19. The molecule has 0 aliphatic heterocycles. The molecule has 1 aliphatic carbocycles. The minimum atomic E-state index is -1.03. The zero-order valence-corrected chi connectivity index (χ0v) is 14.2. The molecule has 1 fully saturated rings. The van der Waals surface area contributed by atoms with E-state index in [1.165, 1.54) is 25.1 Å². The highest BCUT2D eigenvalue weighted by atomic mass is 35.5. The number of halogens is 1. The van der Waals surface area contributed by atoms with E-state index in [0.717, 1.165) is 19.3 Å². The number of anilines is 1. The van der Waals surface area contributed by atoms with Crippen LogP contribution < -0.4 is 11.1 Å². The zero-order valence-electron chi connectivity index (χ0n) is 13.5. The van der Waals surface area contributed by atoms with Crippen LogP contribution in [-0.2, 0) is 9.53 Å². The van der Waals surface area contributed by atoms with Gasteiger partial charge in [0, 0.05) is 10.7 Å². The fraction of sp³-hybridized carbons (Fsp3) is 0.471. The average Bonchev–Trinajstić information content (AvgIpc) is 2.55. The van der Waals surface area contributed by atoms with Crippen LogP contribution >= 0.6 is 11.6 Å². The molecule has 1 aliphatic rings. The first-order valence-corrected chi connectivity index (χ1v) is 8.24. The molecule has 0 radical (unpaired) electrons. The smallest absolute Gasteiger partial charge is 0.341 e. The van der Waals surface area contributed by atoms with Gasteiger partial charge in [0.15, 0.2) is 6.10 Å². The summed E-state index contributed by atoms with van der Waals surface area (Å²) < 4.78 is 5.17. The highest BCUT2D eigenvalue weighted by Crippen LogP contribution is 2.27. The van der Waals surface area contributed by atoms with Crippen molar-refractivity contribution in [3.8, 4) is 6.07 Å². The molecule has 128 valence electrons. The Hall–Kier alpha value is -2.26. The first-order chi connectivity index (χ1) is 11.4. The standard InChI is InChI=1S/C17H20ClN3O3/c1-11(15(22)21-17(10-19)7-3-2-4-8-17)24-16(23)13-6-5-12(18)9-14(13)20/h5-6,9,11H,2-4,7-8,20H2,1H3,(H,21,22)/t11-/m1/s1. The van der Waals surface area contributed by atoms with Gasteiger partial charge in [-0.3, -0.25) is 4.79 Å². The Labute approximate surface area is 145 Å². The summed E-state index contributed by atoms with van der Waals surface area (Å²) in [4.78, 5) is 24.4. The van der Waals surface area contributed by atoms with E-state index < -0.39 is 23.5 Å². The van der Waals surface area contributed by atoms with Gasteiger partial charge in [-0.1, -0.05) is 30.9 Å². The highest BCUT2D eigenvalue weighted by Gasteiger charge is 2.35. The monoisotopic (exact) mass is 349 g/mol. The molecular formula is C17H20ClN3O3. The molecule has 1 atom stereocenters. The Bertz CT molecular complexity index is 678. The van der Waals surface area contributed by atoms with Crippen molar-refractivity contribution in [1.29, 1.82) is 5.26 Å². The fourth-order valence-electron chi connectivity index (χ4n) is 2.75. The number of esters is 1. The summed E-state index contributed by atoms with van der Waals surface area (Å²) in [7, 11) is 0. The lowest BCUT2D eigenvalue weighted by Crippen LogP contribution is -2.52. The minimum absolute atomic E-state index is 0.145. The predicted octanol–water partition coefficient (Wildman–Crippen LogP) is 2.81. The highest BCUT2D eigenvalue weighted by molar-refractivity contribution is 6.31. The van der Waals surface area contributed by atoms with Gasteiger partial charge < -0.3 is 15.8 Å². The maximum Gasteiger partial charge on any atom is 0.341 e. The van der Waals surface area contributed by atoms with Crippen LogP contribution in [0.1, 0.15) is 49.4 Å². The molecule has 6 nitrogen and oxygen atoms in total. The van der Waals surface area contributed by atoms with Crippen LogP contribution in [0.15, 0.2) is 18.2 Å². The second-order valence-electron chi connectivity index (χ2n) is 6.02. The number of nitrogens with zero attached hydrogens (tertiary/aromatic N) is 1. The van der Waals surface area contributed by atoms with E-state index in [4.69, 9.17) is 22.1 Å². The van der Waals surface area contributed by atoms with E-state index in [9.17, 15) is 14.9 Å². The Morgan fingerprint density at radius 2 is 2.04 bits per heavy atom. The van der Waals surface area contributed by atoms with E-state index in [2.05, 4.69) is 11.4 Å². The molecule has 1 amide bonds. The Balaban J connectivity index is 2.00. The van der Waals surface area contributed by atoms with E-state index >= 15 is 0 Å². The Morgan fingerprint density at radius 1 is 1.38 bits per heavy atom. The number of carbonyl (C=O) groups is 2. The molecule has 0 saturated heterocycles. The number of rotatable bonds is 4. The largest absolute Gasteiger partial charge is 0.449 e. The topological polar surface area (TPSA) is 105 Å². The van der Waals surface area contributed by atoms with Crippen LogP contribution in [0, 0.1) is 11.3 Å². The van der Waals surface area contributed by atoms with Crippen LogP contribution in [0.2, 0.25) is 5.02 Å². The SMILES string of the molecule is C[C@@H](OC(=O)c1ccc(Cl)cc1N)C(=O)NC1(C#N)CCCCC1. The summed E-state index contributed by atoms with van der Waals surface area (Å²) in [6.45, 7) is 1.47. The van der Waals surface area contributed by atoms with Gasteiger partial charge in [0.05, 0.1) is 11.6 Å². The molecular weight excluding hydrogens is 330 g/mol. The Morgan fingerprint density at radius 3 is 2.62 bits per heavy atom. The molecule has 1 saturated carbocycles. The summed E-state index contributed by atoms with van der Waals surface area (Å²) in [5, 5.41) is 12.5. The van der Waals surface area contributed by atoms with E-state index in [-0.39, 0.29) is 11.3 Å². The fourth-order valence-corrected chi connectivity index (χ4v) is 2.94. The second kappa shape index (κ2) is 7.54. The number of carbonyl (C=O) groups excluding carboxylic acids is 2. The van der Waals surface area contributed by atoms with Gasteiger partial charge >= 0.3 is 5.97 Å². The lowest BCUT2D eigenvalue weighted by molar-refractivity contribution is -0.130. The lowest BCUT2D eigenvalue weighted by atomic mass is 9.83. The van der Waals surface area contributed by atoms with E-state index in [0.29, 0.717) is 17.9 Å². The quantitative estimate of drug-likeness (QED) is 0.642.